The van der Waals surface area contributed by atoms with E-state index in [1.165, 1.54) is 0 Å². The summed E-state index contributed by atoms with van der Waals surface area (Å²) in [6.07, 6.45) is 2.51. The van der Waals surface area contributed by atoms with E-state index in [1.807, 2.05) is 6.92 Å². The molecule has 68 valence electrons. The summed E-state index contributed by atoms with van der Waals surface area (Å²) >= 11 is -2.16. The Morgan fingerprint density at radius 3 is 2.69 bits per heavy atom. The Morgan fingerprint density at radius 1 is 1.69 bits per heavy atom. The van der Waals surface area contributed by atoms with Gasteiger partial charge in [0.05, 0.1) is 10.6 Å². The van der Waals surface area contributed by atoms with E-state index in [2.05, 4.69) is 5.10 Å². The first-order valence-corrected chi connectivity index (χ1v) is 4.86. The Balaban J connectivity index is 0.00000144. The standard InChI is InChI=1S/C7H12N2O2S.Na/c1-3-4-9-5-7(12(10)11)6(2)8-9;/h5H,3-4H2,1-2H3,(H,10,11);/q;+1/p-1. The Bertz CT molecular complexity index is 301. The van der Waals surface area contributed by atoms with E-state index in [4.69, 9.17) is 0 Å². The number of hydrogen-bond donors (Lipinski definition) is 0. The van der Waals surface area contributed by atoms with E-state index in [0.717, 1.165) is 13.0 Å². The molecule has 0 spiro atoms. The van der Waals surface area contributed by atoms with Crippen molar-refractivity contribution in [3.63, 3.8) is 0 Å². The zero-order valence-corrected chi connectivity index (χ0v) is 10.9. The summed E-state index contributed by atoms with van der Waals surface area (Å²) in [5.41, 5.74) is 0.566. The van der Waals surface area contributed by atoms with E-state index in [9.17, 15) is 8.76 Å². The number of rotatable bonds is 3. The van der Waals surface area contributed by atoms with Gasteiger partial charge in [0.25, 0.3) is 0 Å². The minimum Gasteiger partial charge on any atom is -0.768 e. The summed E-state index contributed by atoms with van der Waals surface area (Å²) in [5, 5.41) is 4.05. The monoisotopic (exact) mass is 210 g/mol. The van der Waals surface area contributed by atoms with E-state index in [1.54, 1.807) is 17.8 Å². The first kappa shape index (κ1) is 13.3. The molecule has 1 unspecified atom stereocenters. The summed E-state index contributed by atoms with van der Waals surface area (Å²) in [7, 11) is 0. The Hall–Kier alpha value is 0.320. The molecule has 0 radical (unpaired) electrons. The second kappa shape index (κ2) is 5.93. The topological polar surface area (TPSA) is 58.0 Å². The van der Waals surface area contributed by atoms with Gasteiger partial charge in [0.2, 0.25) is 0 Å². The molecule has 1 aromatic rings. The second-order valence-electron chi connectivity index (χ2n) is 2.58. The van der Waals surface area contributed by atoms with Crippen molar-refractivity contribution < 1.29 is 38.3 Å². The van der Waals surface area contributed by atoms with Crippen molar-refractivity contribution in [1.29, 1.82) is 0 Å². The van der Waals surface area contributed by atoms with Crippen molar-refractivity contribution in [1.82, 2.24) is 9.78 Å². The molecule has 0 amide bonds. The van der Waals surface area contributed by atoms with Gasteiger partial charge in [-0.1, -0.05) is 6.92 Å². The van der Waals surface area contributed by atoms with Gasteiger partial charge in [-0.15, -0.1) is 0 Å². The average molecular weight is 210 g/mol. The fourth-order valence-electron chi connectivity index (χ4n) is 1.01. The molecule has 0 saturated heterocycles. The zero-order valence-electron chi connectivity index (χ0n) is 8.11. The van der Waals surface area contributed by atoms with E-state index < -0.39 is 11.1 Å². The largest absolute Gasteiger partial charge is 1.00 e. The molecule has 1 aromatic heterocycles. The normalized spacial score (nSPS) is 12.2. The predicted molar refractivity (Wildman–Crippen MR) is 44.4 cm³/mol. The van der Waals surface area contributed by atoms with Crippen LogP contribution in [0.4, 0.5) is 0 Å². The first-order valence-electron chi connectivity index (χ1n) is 3.78. The minimum atomic E-state index is -2.16. The van der Waals surface area contributed by atoms with Gasteiger partial charge in [0.15, 0.2) is 0 Å². The van der Waals surface area contributed by atoms with Gasteiger partial charge >= 0.3 is 29.6 Å². The van der Waals surface area contributed by atoms with Gasteiger partial charge in [-0.05, 0) is 24.4 Å². The average Bonchev–Trinajstić information content (AvgIpc) is 2.32. The molecule has 13 heavy (non-hydrogen) atoms. The van der Waals surface area contributed by atoms with Crippen LogP contribution in [0, 0.1) is 6.92 Å². The SMILES string of the molecule is CCCn1cc(S(=O)[O-])c(C)n1.[Na+]. The smallest absolute Gasteiger partial charge is 0.768 e. The van der Waals surface area contributed by atoms with Crippen molar-refractivity contribution >= 4 is 11.1 Å². The molecular weight excluding hydrogens is 199 g/mol. The molecule has 1 heterocycles. The quantitative estimate of drug-likeness (QED) is 0.422. The molecule has 0 aromatic carbocycles. The first-order chi connectivity index (χ1) is 5.65. The van der Waals surface area contributed by atoms with Crippen molar-refractivity contribution in [3.8, 4) is 0 Å². The van der Waals surface area contributed by atoms with Crippen LogP contribution in [-0.4, -0.2) is 18.5 Å². The van der Waals surface area contributed by atoms with Crippen LogP contribution in [0.3, 0.4) is 0 Å². The van der Waals surface area contributed by atoms with Crippen molar-refractivity contribution in [3.05, 3.63) is 11.9 Å². The molecule has 0 saturated carbocycles. The summed E-state index contributed by atoms with van der Waals surface area (Å²) < 4.78 is 22.8. The number of aryl methyl sites for hydroxylation is 2. The van der Waals surface area contributed by atoms with Gasteiger partial charge in [-0.25, -0.2) is 0 Å². The molecule has 0 N–H and O–H groups in total. The Labute approximate surface area is 102 Å². The van der Waals surface area contributed by atoms with Gasteiger partial charge in [-0.2, -0.15) is 5.10 Å². The van der Waals surface area contributed by atoms with Gasteiger partial charge < -0.3 is 4.55 Å². The molecule has 1 rings (SSSR count). The second-order valence-corrected chi connectivity index (χ2v) is 3.49. The molecular formula is C7H11N2NaO2S. The summed E-state index contributed by atoms with van der Waals surface area (Å²) in [6.45, 7) is 4.47. The summed E-state index contributed by atoms with van der Waals surface area (Å²) in [5.74, 6) is 0. The Morgan fingerprint density at radius 2 is 2.31 bits per heavy atom. The predicted octanol–water partition coefficient (Wildman–Crippen LogP) is -2.16. The summed E-state index contributed by atoms with van der Waals surface area (Å²) in [6, 6.07) is 0. The van der Waals surface area contributed by atoms with Crippen LogP contribution in [0.1, 0.15) is 19.0 Å². The fourth-order valence-corrected chi connectivity index (χ4v) is 1.50. The molecule has 6 heteroatoms. The van der Waals surface area contributed by atoms with Crippen molar-refractivity contribution in [2.24, 2.45) is 0 Å². The molecule has 0 fully saturated rings. The van der Waals surface area contributed by atoms with E-state index in [0.29, 0.717) is 10.6 Å². The third-order valence-electron chi connectivity index (χ3n) is 1.53. The van der Waals surface area contributed by atoms with Gasteiger partial charge in [0.1, 0.15) is 0 Å². The zero-order chi connectivity index (χ0) is 9.14. The van der Waals surface area contributed by atoms with E-state index in [-0.39, 0.29) is 29.6 Å². The van der Waals surface area contributed by atoms with Crippen LogP contribution in [-0.2, 0) is 17.6 Å². The maximum Gasteiger partial charge on any atom is 1.00 e. The number of aromatic nitrogens is 2. The van der Waals surface area contributed by atoms with Crippen LogP contribution in [0.5, 0.6) is 0 Å². The van der Waals surface area contributed by atoms with E-state index >= 15 is 0 Å². The van der Waals surface area contributed by atoms with Crippen LogP contribution >= 0.6 is 0 Å². The molecule has 0 bridgehead atoms. The maximum atomic E-state index is 10.6. The van der Waals surface area contributed by atoms with Crippen LogP contribution in [0.15, 0.2) is 11.1 Å². The van der Waals surface area contributed by atoms with Crippen molar-refractivity contribution in [2.45, 2.75) is 31.7 Å². The molecule has 0 aliphatic heterocycles. The van der Waals surface area contributed by atoms with Gasteiger partial charge in [-0.3, -0.25) is 8.89 Å². The minimum absolute atomic E-state index is 0. The third-order valence-corrected chi connectivity index (χ3v) is 2.29. The van der Waals surface area contributed by atoms with Crippen LogP contribution < -0.4 is 29.6 Å². The molecule has 0 aliphatic carbocycles. The maximum absolute atomic E-state index is 10.6. The molecule has 0 aliphatic rings. The summed E-state index contributed by atoms with van der Waals surface area (Å²) in [4.78, 5) is 0.295. The van der Waals surface area contributed by atoms with Crippen LogP contribution in [0.25, 0.3) is 0 Å². The third kappa shape index (κ3) is 3.52. The fraction of sp³-hybridized carbons (Fsp3) is 0.571. The number of hydrogen-bond acceptors (Lipinski definition) is 3. The van der Waals surface area contributed by atoms with Gasteiger partial charge in [0, 0.05) is 12.7 Å². The molecule has 1 atom stereocenters. The molecule has 4 nitrogen and oxygen atoms in total. The van der Waals surface area contributed by atoms with Crippen LogP contribution in [0.2, 0.25) is 0 Å². The number of nitrogens with zero attached hydrogens (tertiary/aromatic N) is 2. The Kier molecular flexibility index (Phi) is 6.07. The van der Waals surface area contributed by atoms with Crippen molar-refractivity contribution in [2.75, 3.05) is 0 Å².